The molecule has 2 heterocycles. The summed E-state index contributed by atoms with van der Waals surface area (Å²) in [6, 6.07) is 25.1. The zero-order valence-corrected chi connectivity index (χ0v) is 26.3. The lowest BCUT2D eigenvalue weighted by Gasteiger charge is -2.32. The molecule has 2 N–H and O–H groups in total. The number of hydrogen-bond acceptors (Lipinski definition) is 6. The number of carbonyl (C=O) groups is 2. The van der Waals surface area contributed by atoms with Gasteiger partial charge in [0.05, 0.1) is 26.2 Å². The molecule has 0 atom stereocenters. The first-order valence-corrected chi connectivity index (χ1v) is 15.1. The Bertz CT molecular complexity index is 1670. The molecular weight excluding hydrogens is 568 g/mol. The Kier molecular flexibility index (Phi) is 9.87. The zero-order valence-electron chi connectivity index (χ0n) is 26.3. The molecule has 0 aliphatic carbocycles. The van der Waals surface area contributed by atoms with Gasteiger partial charge in [-0.1, -0.05) is 30.3 Å². The van der Waals surface area contributed by atoms with E-state index in [-0.39, 0.29) is 24.7 Å². The summed E-state index contributed by atoms with van der Waals surface area (Å²) in [7, 11) is 5.10. The number of benzene rings is 3. The summed E-state index contributed by atoms with van der Waals surface area (Å²) in [5, 5.41) is 11.6. The predicted octanol–water partition coefficient (Wildman–Crippen LogP) is 4.98. The number of hydrogen-bond donors (Lipinski definition) is 2. The van der Waals surface area contributed by atoms with Crippen LogP contribution in [0.4, 0.5) is 0 Å². The highest BCUT2D eigenvalue weighted by molar-refractivity contribution is 6.05. The van der Waals surface area contributed by atoms with Gasteiger partial charge in [-0.15, -0.1) is 0 Å². The first-order valence-electron chi connectivity index (χ1n) is 15.1. The standard InChI is InChI=1S/C36H40N4O5/c1-25-21-30(40(2)39-25)24-36(23-28-9-14-33-29(22-28)17-20-45-33,34(41)37-18-15-26-5-10-31(43-3)11-6-26)35(42)38-19-16-27-7-12-32(44-4)13-8-27/h5-14,17,20-22H,15-16,18-19,23-24H2,1-4H3,(H,37,41)(H,38,42). The number of nitrogens with one attached hydrogen (secondary N) is 2. The minimum absolute atomic E-state index is 0.177. The number of fused-ring (bicyclic) bond motifs is 1. The van der Waals surface area contributed by atoms with E-state index in [0.29, 0.717) is 25.9 Å². The summed E-state index contributed by atoms with van der Waals surface area (Å²) in [6.07, 6.45) is 3.23. The number of ether oxygens (including phenoxy) is 2. The average Bonchev–Trinajstić information content (AvgIpc) is 3.65. The lowest BCUT2D eigenvalue weighted by molar-refractivity contribution is -0.143. The molecule has 9 heteroatoms. The van der Waals surface area contributed by atoms with Crippen LogP contribution in [0.25, 0.3) is 11.0 Å². The molecule has 2 amide bonds. The number of carbonyl (C=O) groups excluding carboxylic acids is 2. The van der Waals surface area contributed by atoms with Gasteiger partial charge in [-0.3, -0.25) is 14.3 Å². The molecule has 3 aromatic carbocycles. The second-order valence-electron chi connectivity index (χ2n) is 11.3. The lowest BCUT2D eigenvalue weighted by Crippen LogP contribution is -2.55. The maximum atomic E-state index is 14.4. The van der Waals surface area contributed by atoms with Gasteiger partial charge in [0, 0.05) is 37.6 Å². The summed E-state index contributed by atoms with van der Waals surface area (Å²) in [5.74, 6) is 0.886. The van der Waals surface area contributed by atoms with E-state index in [0.717, 1.165) is 50.5 Å². The Labute approximate surface area is 263 Å². The maximum absolute atomic E-state index is 14.4. The van der Waals surface area contributed by atoms with Gasteiger partial charge in [-0.05, 0) is 91.4 Å². The Morgan fingerprint density at radius 3 is 1.84 bits per heavy atom. The van der Waals surface area contributed by atoms with Crippen molar-refractivity contribution in [2.45, 2.75) is 32.6 Å². The van der Waals surface area contributed by atoms with Gasteiger partial charge in [0.1, 0.15) is 22.5 Å². The number of amides is 2. The van der Waals surface area contributed by atoms with Crippen LogP contribution >= 0.6 is 0 Å². The topological polar surface area (TPSA) is 108 Å². The van der Waals surface area contributed by atoms with Crippen molar-refractivity contribution in [3.8, 4) is 11.5 Å². The molecule has 0 aliphatic rings. The maximum Gasteiger partial charge on any atom is 0.236 e. The third-order valence-corrected chi connectivity index (χ3v) is 8.19. The van der Waals surface area contributed by atoms with Gasteiger partial charge in [0.25, 0.3) is 0 Å². The molecule has 5 aromatic rings. The minimum Gasteiger partial charge on any atom is -0.497 e. The Morgan fingerprint density at radius 2 is 1.33 bits per heavy atom. The monoisotopic (exact) mass is 608 g/mol. The van der Waals surface area contributed by atoms with Crippen LogP contribution in [0, 0.1) is 12.3 Å². The van der Waals surface area contributed by atoms with Crippen LogP contribution < -0.4 is 20.1 Å². The van der Waals surface area contributed by atoms with Crippen molar-refractivity contribution < 1.29 is 23.5 Å². The number of nitrogens with zero attached hydrogens (tertiary/aromatic N) is 2. The summed E-state index contributed by atoms with van der Waals surface area (Å²) >= 11 is 0. The number of aryl methyl sites for hydroxylation is 2. The number of furan rings is 1. The fourth-order valence-electron chi connectivity index (χ4n) is 5.66. The number of methoxy groups -OCH3 is 2. The molecule has 0 spiro atoms. The van der Waals surface area contributed by atoms with E-state index in [9.17, 15) is 9.59 Å². The highest BCUT2D eigenvalue weighted by atomic mass is 16.5. The molecule has 0 aliphatic heterocycles. The molecule has 0 saturated carbocycles. The normalized spacial score (nSPS) is 11.4. The predicted molar refractivity (Wildman–Crippen MR) is 173 cm³/mol. The SMILES string of the molecule is COc1ccc(CCNC(=O)C(Cc2ccc3occc3c2)(Cc2cc(C)nn2C)C(=O)NCCc2ccc(OC)cc2)cc1. The van der Waals surface area contributed by atoms with Crippen LogP contribution in [-0.2, 0) is 42.3 Å². The molecule has 45 heavy (non-hydrogen) atoms. The van der Waals surface area contributed by atoms with Crippen molar-refractivity contribution in [1.29, 1.82) is 0 Å². The minimum atomic E-state index is -1.45. The Hall–Kier alpha value is -5.05. The Balaban J connectivity index is 1.43. The van der Waals surface area contributed by atoms with Gasteiger partial charge >= 0.3 is 0 Å². The van der Waals surface area contributed by atoms with E-state index in [1.54, 1.807) is 25.2 Å². The summed E-state index contributed by atoms with van der Waals surface area (Å²) < 4.78 is 17.8. The summed E-state index contributed by atoms with van der Waals surface area (Å²) in [6.45, 7) is 2.65. The lowest BCUT2D eigenvalue weighted by atomic mass is 9.75. The molecule has 0 bridgehead atoms. The van der Waals surface area contributed by atoms with Crippen molar-refractivity contribution in [3.63, 3.8) is 0 Å². The van der Waals surface area contributed by atoms with Crippen LogP contribution in [0.15, 0.2) is 89.5 Å². The van der Waals surface area contributed by atoms with Crippen molar-refractivity contribution in [3.05, 3.63) is 113 Å². The van der Waals surface area contributed by atoms with Crippen LogP contribution in [0.5, 0.6) is 11.5 Å². The molecule has 0 saturated heterocycles. The third-order valence-electron chi connectivity index (χ3n) is 8.19. The fraction of sp³-hybridized carbons (Fsp3) is 0.306. The van der Waals surface area contributed by atoms with Gasteiger partial charge < -0.3 is 24.5 Å². The molecule has 2 aromatic heterocycles. The van der Waals surface area contributed by atoms with E-state index in [1.807, 2.05) is 92.8 Å². The first-order chi connectivity index (χ1) is 21.8. The van der Waals surface area contributed by atoms with E-state index in [1.165, 1.54) is 0 Å². The number of rotatable bonds is 14. The molecule has 0 fully saturated rings. The van der Waals surface area contributed by atoms with Gasteiger partial charge in [-0.2, -0.15) is 5.10 Å². The molecule has 5 rings (SSSR count). The van der Waals surface area contributed by atoms with Crippen molar-refractivity contribution >= 4 is 22.8 Å². The third kappa shape index (κ3) is 7.55. The van der Waals surface area contributed by atoms with E-state index in [4.69, 9.17) is 13.9 Å². The van der Waals surface area contributed by atoms with Crippen molar-refractivity contribution in [1.82, 2.24) is 20.4 Å². The van der Waals surface area contributed by atoms with Gasteiger partial charge in [0.15, 0.2) is 0 Å². The quantitative estimate of drug-likeness (QED) is 0.172. The van der Waals surface area contributed by atoms with Crippen LogP contribution in [0.3, 0.4) is 0 Å². The fourth-order valence-corrected chi connectivity index (χ4v) is 5.66. The van der Waals surface area contributed by atoms with Crippen LogP contribution in [-0.4, -0.2) is 48.9 Å². The molecule has 0 unspecified atom stereocenters. The Morgan fingerprint density at radius 1 is 0.778 bits per heavy atom. The van der Waals surface area contributed by atoms with Crippen molar-refractivity contribution in [2.24, 2.45) is 12.5 Å². The highest BCUT2D eigenvalue weighted by Crippen LogP contribution is 2.31. The zero-order chi connectivity index (χ0) is 31.8. The molecule has 0 radical (unpaired) electrons. The average molecular weight is 609 g/mol. The smallest absolute Gasteiger partial charge is 0.236 e. The second-order valence-corrected chi connectivity index (χ2v) is 11.3. The first kappa shape index (κ1) is 31.4. The van der Waals surface area contributed by atoms with E-state index >= 15 is 0 Å². The highest BCUT2D eigenvalue weighted by Gasteiger charge is 2.46. The molecular formula is C36H40N4O5. The largest absolute Gasteiger partial charge is 0.497 e. The second kappa shape index (κ2) is 14.2. The van der Waals surface area contributed by atoms with Crippen LogP contribution in [0.1, 0.15) is 28.1 Å². The van der Waals surface area contributed by atoms with Gasteiger partial charge in [-0.25, -0.2) is 0 Å². The summed E-state index contributed by atoms with van der Waals surface area (Å²) in [5.41, 5.74) is 3.89. The molecule has 9 nitrogen and oxygen atoms in total. The molecule has 234 valence electrons. The van der Waals surface area contributed by atoms with E-state index < -0.39 is 5.41 Å². The van der Waals surface area contributed by atoms with Gasteiger partial charge in [0.2, 0.25) is 11.8 Å². The summed E-state index contributed by atoms with van der Waals surface area (Å²) in [4.78, 5) is 28.8. The van der Waals surface area contributed by atoms with Crippen molar-refractivity contribution in [2.75, 3.05) is 27.3 Å². The van der Waals surface area contributed by atoms with Crippen LogP contribution in [0.2, 0.25) is 0 Å². The number of aromatic nitrogens is 2. The van der Waals surface area contributed by atoms with E-state index in [2.05, 4.69) is 15.7 Å².